The van der Waals surface area contributed by atoms with Crippen molar-refractivity contribution >= 4 is 11.6 Å². The Balaban J connectivity index is 1.49. The second-order valence-corrected chi connectivity index (χ2v) is 6.21. The fraction of sp³-hybridized carbons (Fsp3) is 0.471. The Hall–Kier alpha value is -1.57. The van der Waals surface area contributed by atoms with E-state index in [1.54, 1.807) is 0 Å². The van der Waals surface area contributed by atoms with Crippen molar-refractivity contribution in [1.29, 1.82) is 0 Å². The van der Waals surface area contributed by atoms with Gasteiger partial charge in [0.25, 0.3) is 0 Å². The van der Waals surface area contributed by atoms with Gasteiger partial charge in [0.2, 0.25) is 5.91 Å². The van der Waals surface area contributed by atoms with Crippen LogP contribution in [-0.4, -0.2) is 5.91 Å². The Morgan fingerprint density at radius 3 is 2.79 bits per heavy atom. The van der Waals surface area contributed by atoms with Crippen LogP contribution in [0.1, 0.15) is 30.4 Å². The largest absolute Gasteiger partial charge is 0.326 e. The van der Waals surface area contributed by atoms with Crippen molar-refractivity contribution in [2.45, 2.75) is 32.1 Å². The van der Waals surface area contributed by atoms with Crippen molar-refractivity contribution in [3.8, 4) is 0 Å². The molecule has 0 aromatic heterocycles. The molecule has 0 unspecified atom stereocenters. The molecule has 0 spiro atoms. The monoisotopic (exact) mass is 253 g/mol. The molecule has 1 N–H and O–H groups in total. The van der Waals surface area contributed by atoms with Crippen molar-refractivity contribution < 1.29 is 4.79 Å². The van der Waals surface area contributed by atoms with E-state index in [0.29, 0.717) is 11.8 Å². The summed E-state index contributed by atoms with van der Waals surface area (Å²) in [6.07, 6.45) is 10.4. The number of carbonyl (C=O) groups excluding carboxylic acids is 1. The van der Waals surface area contributed by atoms with Crippen LogP contribution < -0.4 is 5.32 Å². The Kier molecular flexibility index (Phi) is 2.51. The fourth-order valence-corrected chi connectivity index (χ4v) is 3.97. The van der Waals surface area contributed by atoms with Gasteiger partial charge >= 0.3 is 0 Å². The minimum Gasteiger partial charge on any atom is -0.326 e. The van der Waals surface area contributed by atoms with Crippen LogP contribution in [0.5, 0.6) is 0 Å². The number of anilines is 1. The van der Waals surface area contributed by atoms with E-state index < -0.39 is 0 Å². The predicted molar refractivity (Wildman–Crippen MR) is 75.9 cm³/mol. The highest BCUT2D eigenvalue weighted by atomic mass is 16.1. The Morgan fingerprint density at radius 1 is 1.11 bits per heavy atom. The first-order valence-corrected chi connectivity index (χ1v) is 7.40. The first-order chi connectivity index (χ1) is 9.29. The summed E-state index contributed by atoms with van der Waals surface area (Å²) in [5.74, 6) is 1.55. The summed E-state index contributed by atoms with van der Waals surface area (Å²) in [6.45, 7) is 0. The highest BCUT2D eigenvalue weighted by Crippen LogP contribution is 2.43. The third-order valence-corrected chi connectivity index (χ3v) is 4.98. The van der Waals surface area contributed by atoms with E-state index in [1.165, 1.54) is 30.4 Å². The minimum absolute atomic E-state index is 0.197. The molecular formula is C17H19NO. The van der Waals surface area contributed by atoms with Crippen molar-refractivity contribution in [3.05, 3.63) is 41.5 Å². The normalized spacial score (nSPS) is 30.6. The number of fused-ring (bicyclic) bond motifs is 3. The highest BCUT2D eigenvalue weighted by molar-refractivity contribution is 5.93. The molecule has 1 amide bonds. The molecule has 98 valence electrons. The molecule has 0 heterocycles. The van der Waals surface area contributed by atoms with Crippen LogP contribution in [0.15, 0.2) is 30.4 Å². The van der Waals surface area contributed by atoms with E-state index in [1.807, 2.05) is 0 Å². The smallest absolute Gasteiger partial charge is 0.228 e. The molecule has 4 rings (SSSR count). The summed E-state index contributed by atoms with van der Waals surface area (Å²) in [5.41, 5.74) is 3.86. The summed E-state index contributed by atoms with van der Waals surface area (Å²) >= 11 is 0. The number of nitrogens with one attached hydrogen (secondary N) is 1. The summed E-state index contributed by atoms with van der Waals surface area (Å²) in [5, 5.41) is 3.13. The van der Waals surface area contributed by atoms with E-state index >= 15 is 0 Å². The number of aryl methyl sites for hydroxylation is 2. The predicted octanol–water partition coefficient (Wildman–Crippen LogP) is 3.33. The zero-order chi connectivity index (χ0) is 12.8. The zero-order valence-corrected chi connectivity index (χ0v) is 11.1. The van der Waals surface area contributed by atoms with Crippen LogP contribution in [0, 0.1) is 17.8 Å². The molecule has 0 aliphatic heterocycles. The van der Waals surface area contributed by atoms with Crippen LogP contribution in [0.2, 0.25) is 0 Å². The van der Waals surface area contributed by atoms with Crippen molar-refractivity contribution in [2.24, 2.45) is 17.8 Å². The first kappa shape index (κ1) is 11.3. The number of hydrogen-bond donors (Lipinski definition) is 1. The number of amides is 1. The summed E-state index contributed by atoms with van der Waals surface area (Å²) < 4.78 is 0. The summed E-state index contributed by atoms with van der Waals surface area (Å²) in [6, 6.07) is 6.41. The lowest BCUT2D eigenvalue weighted by atomic mass is 9.92. The van der Waals surface area contributed by atoms with E-state index in [-0.39, 0.29) is 11.8 Å². The maximum Gasteiger partial charge on any atom is 0.228 e. The molecule has 1 saturated carbocycles. The maximum absolute atomic E-state index is 12.4. The van der Waals surface area contributed by atoms with E-state index in [4.69, 9.17) is 0 Å². The van der Waals surface area contributed by atoms with E-state index in [0.717, 1.165) is 18.5 Å². The average molecular weight is 253 g/mol. The van der Waals surface area contributed by atoms with Gasteiger partial charge in [-0.15, -0.1) is 0 Å². The lowest BCUT2D eigenvalue weighted by Crippen LogP contribution is -2.25. The van der Waals surface area contributed by atoms with Gasteiger partial charge in [-0.3, -0.25) is 4.79 Å². The molecule has 2 heteroatoms. The van der Waals surface area contributed by atoms with Gasteiger partial charge in [-0.05, 0) is 67.2 Å². The molecule has 2 bridgehead atoms. The van der Waals surface area contributed by atoms with Gasteiger partial charge < -0.3 is 5.32 Å². The Morgan fingerprint density at radius 2 is 2.00 bits per heavy atom. The lowest BCUT2D eigenvalue weighted by Gasteiger charge is -2.18. The topological polar surface area (TPSA) is 29.1 Å². The summed E-state index contributed by atoms with van der Waals surface area (Å²) in [7, 11) is 0. The second-order valence-electron chi connectivity index (χ2n) is 6.21. The van der Waals surface area contributed by atoms with Crippen molar-refractivity contribution in [2.75, 3.05) is 5.32 Å². The highest BCUT2D eigenvalue weighted by Gasteiger charge is 2.39. The van der Waals surface area contributed by atoms with Crippen LogP contribution >= 0.6 is 0 Å². The van der Waals surface area contributed by atoms with Gasteiger partial charge in [-0.25, -0.2) is 0 Å². The van der Waals surface area contributed by atoms with Crippen molar-refractivity contribution in [3.63, 3.8) is 0 Å². The Bertz CT molecular complexity index is 560. The second kappa shape index (κ2) is 4.22. The fourth-order valence-electron chi connectivity index (χ4n) is 3.97. The number of rotatable bonds is 2. The number of benzene rings is 1. The molecule has 3 atom stereocenters. The van der Waals surface area contributed by atoms with Crippen LogP contribution in [-0.2, 0) is 17.6 Å². The lowest BCUT2D eigenvalue weighted by molar-refractivity contribution is -0.120. The maximum atomic E-state index is 12.4. The molecule has 0 saturated heterocycles. The van der Waals surface area contributed by atoms with Gasteiger partial charge in [0.1, 0.15) is 0 Å². The van der Waals surface area contributed by atoms with Gasteiger partial charge in [0.15, 0.2) is 0 Å². The van der Waals surface area contributed by atoms with Crippen LogP contribution in [0.3, 0.4) is 0 Å². The Labute approximate surface area is 113 Å². The SMILES string of the molecule is O=C(Nc1ccc2c(c1)CCC2)[C@H]1C[C@H]2C=C[C@H]1C2. The molecule has 3 aliphatic rings. The molecule has 19 heavy (non-hydrogen) atoms. The standard InChI is InChI=1S/C17H19NO/c19-17(16-9-11-4-5-14(16)8-11)18-15-7-6-12-2-1-3-13(12)10-15/h4-7,10-11,14,16H,1-3,8-9H2,(H,18,19)/t11-,14-,16-/m0/s1. The first-order valence-electron chi connectivity index (χ1n) is 7.40. The average Bonchev–Trinajstić information content (AvgIpc) is 3.13. The van der Waals surface area contributed by atoms with Crippen LogP contribution in [0.4, 0.5) is 5.69 Å². The molecule has 1 aromatic carbocycles. The van der Waals surface area contributed by atoms with Gasteiger partial charge in [0.05, 0.1) is 0 Å². The molecular weight excluding hydrogens is 234 g/mol. The van der Waals surface area contributed by atoms with Gasteiger partial charge in [-0.2, -0.15) is 0 Å². The molecule has 3 aliphatic carbocycles. The van der Waals surface area contributed by atoms with Gasteiger partial charge in [-0.1, -0.05) is 18.2 Å². The third-order valence-electron chi connectivity index (χ3n) is 4.98. The minimum atomic E-state index is 0.197. The number of hydrogen-bond acceptors (Lipinski definition) is 1. The van der Waals surface area contributed by atoms with Crippen LogP contribution in [0.25, 0.3) is 0 Å². The van der Waals surface area contributed by atoms with Crippen molar-refractivity contribution in [1.82, 2.24) is 0 Å². The van der Waals surface area contributed by atoms with Gasteiger partial charge in [0, 0.05) is 11.6 Å². The zero-order valence-electron chi connectivity index (χ0n) is 11.1. The quantitative estimate of drug-likeness (QED) is 0.805. The molecule has 1 fully saturated rings. The number of carbonyl (C=O) groups is 1. The molecule has 1 aromatic rings. The summed E-state index contributed by atoms with van der Waals surface area (Å²) in [4.78, 5) is 12.4. The molecule has 0 radical (unpaired) electrons. The number of allylic oxidation sites excluding steroid dienone is 2. The molecule has 2 nitrogen and oxygen atoms in total. The third kappa shape index (κ3) is 1.90. The van der Waals surface area contributed by atoms with E-state index in [9.17, 15) is 4.79 Å². The van der Waals surface area contributed by atoms with E-state index in [2.05, 4.69) is 35.7 Å².